The molecule has 0 fully saturated rings. The van der Waals surface area contributed by atoms with Crippen molar-refractivity contribution >= 4 is 40.3 Å². The summed E-state index contributed by atoms with van der Waals surface area (Å²) >= 11 is 12.4. The van der Waals surface area contributed by atoms with E-state index in [4.69, 9.17) is 28.7 Å². The van der Waals surface area contributed by atoms with Crippen LogP contribution in [0.15, 0.2) is 11.2 Å². The maximum atomic E-state index is 11.2. The van der Waals surface area contributed by atoms with E-state index >= 15 is 0 Å². The largest absolute Gasteiger partial charge is 0.294 e. The second-order valence-electron chi connectivity index (χ2n) is 2.05. The van der Waals surface area contributed by atoms with Crippen LogP contribution in [0.5, 0.6) is 0 Å². The second kappa shape index (κ2) is 4.48. The highest BCUT2D eigenvalue weighted by Crippen LogP contribution is 2.31. The van der Waals surface area contributed by atoms with E-state index in [2.05, 4.69) is 10.0 Å². The minimum atomic E-state index is -0.328. The predicted octanol–water partition coefficient (Wildman–Crippen LogP) is 3.55. The lowest BCUT2D eigenvalue weighted by Gasteiger charge is -1.90. The molecule has 0 aliphatic heterocycles. The van der Waals surface area contributed by atoms with Gasteiger partial charge in [-0.2, -0.15) is 0 Å². The van der Waals surface area contributed by atoms with Gasteiger partial charge in [-0.15, -0.1) is 11.3 Å². The number of ketones is 1. The molecule has 68 valence electrons. The summed E-state index contributed by atoms with van der Waals surface area (Å²) in [5.74, 6) is -0.328. The van der Waals surface area contributed by atoms with Gasteiger partial charge in [0, 0.05) is 10.5 Å². The lowest BCUT2D eigenvalue weighted by Crippen LogP contribution is -2.00. The molecule has 1 rings (SSSR count). The molecule has 0 spiro atoms. The maximum absolute atomic E-state index is 11.2. The lowest BCUT2D eigenvalue weighted by atomic mass is 10.2. The fraction of sp³-hybridized carbons (Fsp3) is 0.167. The van der Waals surface area contributed by atoms with E-state index in [0.29, 0.717) is 14.2 Å². The third kappa shape index (κ3) is 2.60. The molecule has 0 bridgehead atoms. The molecule has 0 amide bonds. The van der Waals surface area contributed by atoms with Crippen molar-refractivity contribution in [2.75, 3.05) is 6.54 Å². The molecule has 13 heavy (non-hydrogen) atoms. The molecule has 1 aromatic rings. The molecule has 0 aliphatic rings. The van der Waals surface area contributed by atoms with E-state index in [1.807, 2.05) is 0 Å². The first-order valence-electron chi connectivity index (χ1n) is 3.14. The smallest absolute Gasteiger partial charge is 0.171 e. The van der Waals surface area contributed by atoms with Crippen LogP contribution in [0, 0.1) is 0 Å². The molecule has 0 aliphatic carbocycles. The van der Waals surface area contributed by atoms with E-state index in [1.54, 1.807) is 0 Å². The SMILES string of the molecule is [N-]=[N+]=NCC(=O)c1cc(Cl)sc1Cl. The van der Waals surface area contributed by atoms with Crippen LogP contribution < -0.4 is 0 Å². The fourth-order valence-corrected chi connectivity index (χ4v) is 2.21. The molecule has 0 saturated heterocycles. The molecule has 0 N–H and O–H groups in total. The minimum absolute atomic E-state index is 0.233. The summed E-state index contributed by atoms with van der Waals surface area (Å²) in [6.07, 6.45) is 0. The first-order chi connectivity index (χ1) is 6.15. The van der Waals surface area contributed by atoms with Gasteiger partial charge in [-0.05, 0) is 11.6 Å². The number of halogens is 2. The predicted molar refractivity (Wildman–Crippen MR) is 52.7 cm³/mol. The summed E-state index contributed by atoms with van der Waals surface area (Å²) in [5, 5.41) is 3.13. The molecule has 0 saturated carbocycles. The van der Waals surface area contributed by atoms with Crippen LogP contribution in [-0.2, 0) is 0 Å². The average Bonchev–Trinajstić information content (AvgIpc) is 2.41. The summed E-state index contributed by atoms with van der Waals surface area (Å²) in [6.45, 7) is -0.233. The van der Waals surface area contributed by atoms with Crippen molar-refractivity contribution in [1.29, 1.82) is 0 Å². The number of carbonyl (C=O) groups is 1. The highest BCUT2D eigenvalue weighted by Gasteiger charge is 2.12. The Hall–Kier alpha value is -0.740. The lowest BCUT2D eigenvalue weighted by molar-refractivity contribution is 0.100. The van der Waals surface area contributed by atoms with Gasteiger partial charge in [0.2, 0.25) is 0 Å². The van der Waals surface area contributed by atoms with Crippen molar-refractivity contribution in [1.82, 2.24) is 0 Å². The molecule has 1 heterocycles. The Morgan fingerprint density at radius 3 is 2.85 bits per heavy atom. The fourth-order valence-electron chi connectivity index (χ4n) is 0.711. The number of nitrogens with zero attached hydrogens (tertiary/aromatic N) is 3. The second-order valence-corrected chi connectivity index (χ2v) is 4.34. The van der Waals surface area contributed by atoms with Crippen molar-refractivity contribution in [2.24, 2.45) is 5.11 Å². The quantitative estimate of drug-likeness (QED) is 0.342. The highest BCUT2D eigenvalue weighted by atomic mass is 35.5. The summed E-state index contributed by atoms with van der Waals surface area (Å²) in [6, 6.07) is 1.46. The summed E-state index contributed by atoms with van der Waals surface area (Å²) < 4.78 is 0.762. The van der Waals surface area contributed by atoms with E-state index in [0.717, 1.165) is 11.3 Å². The van der Waals surface area contributed by atoms with Gasteiger partial charge in [0.25, 0.3) is 0 Å². The Morgan fingerprint density at radius 2 is 2.38 bits per heavy atom. The van der Waals surface area contributed by atoms with E-state index in [9.17, 15) is 4.79 Å². The maximum Gasteiger partial charge on any atom is 0.171 e. The molecule has 1 aromatic heterocycles. The normalized spacial score (nSPS) is 9.38. The molecule has 0 atom stereocenters. The Kier molecular flexibility index (Phi) is 3.57. The van der Waals surface area contributed by atoms with Crippen LogP contribution in [0.4, 0.5) is 0 Å². The van der Waals surface area contributed by atoms with Crippen LogP contribution in [0.2, 0.25) is 8.67 Å². The van der Waals surface area contributed by atoms with Crippen molar-refractivity contribution in [3.63, 3.8) is 0 Å². The molecule has 4 nitrogen and oxygen atoms in total. The first kappa shape index (κ1) is 10.3. The number of carbonyl (C=O) groups excluding carboxylic acids is 1. The van der Waals surface area contributed by atoms with E-state index < -0.39 is 0 Å². The first-order valence-corrected chi connectivity index (χ1v) is 4.71. The third-order valence-corrected chi connectivity index (χ3v) is 2.72. The standard InChI is InChI=1S/C6H3Cl2N3OS/c7-5-1-3(6(8)13-5)4(12)2-10-11-9/h1H,2H2. The van der Waals surface area contributed by atoms with E-state index in [-0.39, 0.29) is 12.3 Å². The van der Waals surface area contributed by atoms with Gasteiger partial charge in [-0.3, -0.25) is 4.79 Å². The topological polar surface area (TPSA) is 65.8 Å². The van der Waals surface area contributed by atoms with Crippen LogP contribution in [0.1, 0.15) is 10.4 Å². The van der Waals surface area contributed by atoms with Gasteiger partial charge in [-0.1, -0.05) is 28.3 Å². The molecule has 0 aromatic carbocycles. The average molecular weight is 236 g/mol. The minimum Gasteiger partial charge on any atom is -0.294 e. The van der Waals surface area contributed by atoms with Gasteiger partial charge in [0.05, 0.1) is 10.9 Å². The summed E-state index contributed by atoms with van der Waals surface area (Å²) in [7, 11) is 0. The number of azide groups is 1. The van der Waals surface area contributed by atoms with Crippen molar-refractivity contribution < 1.29 is 4.79 Å². The van der Waals surface area contributed by atoms with Crippen LogP contribution in [-0.4, -0.2) is 12.3 Å². The Labute approximate surface area is 87.7 Å². The number of Topliss-reactive ketones (excluding diaryl/α,β-unsaturated/α-hetero) is 1. The van der Waals surface area contributed by atoms with Gasteiger partial charge >= 0.3 is 0 Å². The Balaban J connectivity index is 2.88. The molecular weight excluding hydrogens is 233 g/mol. The van der Waals surface area contributed by atoms with Crippen LogP contribution in [0.3, 0.4) is 0 Å². The molecular formula is C6H3Cl2N3OS. The van der Waals surface area contributed by atoms with Gasteiger partial charge in [0.15, 0.2) is 5.78 Å². The molecule has 0 radical (unpaired) electrons. The zero-order valence-corrected chi connectivity index (χ0v) is 8.53. The highest BCUT2D eigenvalue weighted by molar-refractivity contribution is 7.20. The van der Waals surface area contributed by atoms with Crippen molar-refractivity contribution in [3.8, 4) is 0 Å². The van der Waals surface area contributed by atoms with Crippen LogP contribution in [0.25, 0.3) is 10.4 Å². The van der Waals surface area contributed by atoms with Gasteiger partial charge < -0.3 is 0 Å². The van der Waals surface area contributed by atoms with Crippen LogP contribution >= 0.6 is 34.5 Å². The Morgan fingerprint density at radius 1 is 1.69 bits per heavy atom. The summed E-state index contributed by atoms with van der Waals surface area (Å²) in [5.41, 5.74) is 8.30. The van der Waals surface area contributed by atoms with Gasteiger partial charge in [0.1, 0.15) is 4.34 Å². The number of thiophene rings is 1. The summed E-state index contributed by atoms with van der Waals surface area (Å²) in [4.78, 5) is 13.7. The number of rotatable bonds is 3. The zero-order chi connectivity index (χ0) is 9.84. The monoisotopic (exact) mass is 235 g/mol. The third-order valence-electron chi connectivity index (χ3n) is 1.23. The number of hydrogen-bond acceptors (Lipinski definition) is 3. The van der Waals surface area contributed by atoms with E-state index in [1.165, 1.54) is 6.07 Å². The zero-order valence-electron chi connectivity index (χ0n) is 6.20. The molecule has 7 heteroatoms. The van der Waals surface area contributed by atoms with Gasteiger partial charge in [-0.25, -0.2) is 0 Å². The molecule has 0 unspecified atom stereocenters. The van der Waals surface area contributed by atoms with Crippen molar-refractivity contribution in [2.45, 2.75) is 0 Å². The van der Waals surface area contributed by atoms with Crippen molar-refractivity contribution in [3.05, 3.63) is 30.7 Å². The Bertz CT molecular complexity index is 383. The number of hydrogen-bond donors (Lipinski definition) is 0.